The number of aryl methyl sites for hydroxylation is 2. The van der Waals surface area contributed by atoms with Gasteiger partial charge >= 0.3 is 0 Å². The van der Waals surface area contributed by atoms with Gasteiger partial charge in [-0.2, -0.15) is 0 Å². The summed E-state index contributed by atoms with van der Waals surface area (Å²) in [5, 5.41) is 0.304. The van der Waals surface area contributed by atoms with Gasteiger partial charge in [0.2, 0.25) is 0 Å². The van der Waals surface area contributed by atoms with Gasteiger partial charge in [0.25, 0.3) is 0 Å². The summed E-state index contributed by atoms with van der Waals surface area (Å²) in [6.07, 6.45) is 0. The Bertz CT molecular complexity index is 450. The van der Waals surface area contributed by atoms with E-state index in [0.717, 1.165) is 11.4 Å². The zero-order valence-corrected chi connectivity index (χ0v) is 13.1. The summed E-state index contributed by atoms with van der Waals surface area (Å²) in [5.41, 5.74) is 6.68. The highest BCUT2D eigenvalue weighted by Crippen LogP contribution is 2.35. The van der Waals surface area contributed by atoms with Gasteiger partial charge < -0.3 is 0 Å². The Hall–Kier alpha value is -1.07. The first-order chi connectivity index (χ1) is 7.62. The van der Waals surface area contributed by atoms with Crippen LogP contribution in [0.2, 0.25) is 18.1 Å². The molecule has 0 N–H and O–H groups in total. The minimum absolute atomic E-state index is 0.304. The zero-order valence-electron chi connectivity index (χ0n) is 12.1. The van der Waals surface area contributed by atoms with Gasteiger partial charge in [0.05, 0.1) is 0 Å². The maximum absolute atomic E-state index is 4.47. The molecule has 17 heavy (non-hydrogen) atoms. The largest absolute Gasteiger partial charge is 0.245 e. The van der Waals surface area contributed by atoms with Crippen LogP contribution in [0.5, 0.6) is 0 Å². The number of aromatic nitrogens is 1. The maximum atomic E-state index is 4.47. The minimum atomic E-state index is -1.52. The molecule has 0 saturated carbocycles. The smallest absolute Gasteiger partial charge is 0.138 e. The Balaban J connectivity index is 3.07. The predicted molar refractivity (Wildman–Crippen MR) is 77.8 cm³/mol. The van der Waals surface area contributed by atoms with Gasteiger partial charge in [0.15, 0.2) is 0 Å². The van der Waals surface area contributed by atoms with Crippen LogP contribution in [0.1, 0.15) is 37.7 Å². The van der Waals surface area contributed by atoms with Gasteiger partial charge in [-0.3, -0.25) is 0 Å². The minimum Gasteiger partial charge on any atom is -0.245 e. The van der Waals surface area contributed by atoms with Crippen molar-refractivity contribution in [3.05, 3.63) is 29.1 Å². The van der Waals surface area contributed by atoms with Gasteiger partial charge in [-0.25, -0.2) is 4.98 Å². The highest BCUT2D eigenvalue weighted by Gasteiger charge is 2.33. The SMILES string of the molecule is Cc1cc(C)nc(C#C[Si](C)(C)C(C)(C)C)c1. The van der Waals surface area contributed by atoms with Crippen LogP contribution >= 0.6 is 0 Å². The Morgan fingerprint density at radius 2 is 1.71 bits per heavy atom. The average molecular weight is 245 g/mol. The molecule has 1 aromatic rings. The van der Waals surface area contributed by atoms with Crippen molar-refractivity contribution in [2.24, 2.45) is 0 Å². The number of hydrogen-bond donors (Lipinski definition) is 0. The molecule has 0 aliphatic heterocycles. The molecule has 0 fully saturated rings. The molecule has 1 heterocycles. The molecule has 0 aliphatic carbocycles. The first-order valence-electron chi connectivity index (χ1n) is 6.10. The lowest BCUT2D eigenvalue weighted by Crippen LogP contribution is -2.35. The van der Waals surface area contributed by atoms with E-state index in [1.165, 1.54) is 5.56 Å². The lowest BCUT2D eigenvalue weighted by molar-refractivity contribution is 0.731. The molecule has 0 unspecified atom stereocenters. The van der Waals surface area contributed by atoms with Crippen LogP contribution in [0.25, 0.3) is 0 Å². The van der Waals surface area contributed by atoms with Crippen molar-refractivity contribution in [2.45, 2.75) is 52.8 Å². The van der Waals surface area contributed by atoms with Crippen LogP contribution in [0.3, 0.4) is 0 Å². The van der Waals surface area contributed by atoms with Crippen LogP contribution in [0.15, 0.2) is 12.1 Å². The summed E-state index contributed by atoms with van der Waals surface area (Å²) in [6, 6.07) is 4.14. The molecule has 1 aromatic heterocycles. The number of hydrogen-bond acceptors (Lipinski definition) is 1. The molecule has 0 radical (unpaired) electrons. The van der Waals surface area contributed by atoms with E-state index < -0.39 is 8.07 Å². The third-order valence-corrected chi connectivity index (χ3v) is 7.98. The molecule has 1 rings (SSSR count). The molecular formula is C15H23NSi. The van der Waals surface area contributed by atoms with E-state index in [-0.39, 0.29) is 0 Å². The third kappa shape index (κ3) is 3.71. The molecule has 0 aromatic carbocycles. The predicted octanol–water partition coefficient (Wildman–Crippen LogP) is 4.10. The second-order valence-corrected chi connectivity index (χ2v) is 11.3. The topological polar surface area (TPSA) is 12.9 Å². The van der Waals surface area contributed by atoms with Crippen molar-refractivity contribution in [1.29, 1.82) is 0 Å². The van der Waals surface area contributed by atoms with E-state index in [9.17, 15) is 0 Å². The number of nitrogens with zero attached hydrogens (tertiary/aromatic N) is 1. The third-order valence-electron chi connectivity index (χ3n) is 3.48. The van der Waals surface area contributed by atoms with Crippen molar-refractivity contribution >= 4 is 8.07 Å². The van der Waals surface area contributed by atoms with Crippen LogP contribution in [0.4, 0.5) is 0 Å². The quantitative estimate of drug-likeness (QED) is 0.495. The molecule has 0 aliphatic rings. The van der Waals surface area contributed by atoms with E-state index in [1.807, 2.05) is 6.92 Å². The summed E-state index contributed by atoms with van der Waals surface area (Å²) < 4.78 is 0. The highest BCUT2D eigenvalue weighted by atomic mass is 28.3. The van der Waals surface area contributed by atoms with Gasteiger partial charge in [-0.15, -0.1) is 5.54 Å². The van der Waals surface area contributed by atoms with E-state index in [4.69, 9.17) is 0 Å². The van der Waals surface area contributed by atoms with Gasteiger partial charge in [0, 0.05) is 5.69 Å². The molecule has 2 heteroatoms. The van der Waals surface area contributed by atoms with Gasteiger partial charge in [-0.1, -0.05) is 39.8 Å². The van der Waals surface area contributed by atoms with Crippen molar-refractivity contribution in [3.8, 4) is 11.5 Å². The number of pyridine rings is 1. The van der Waals surface area contributed by atoms with Crippen LogP contribution in [-0.4, -0.2) is 13.1 Å². The monoisotopic (exact) mass is 245 g/mol. The van der Waals surface area contributed by atoms with Crippen molar-refractivity contribution < 1.29 is 0 Å². The van der Waals surface area contributed by atoms with Crippen molar-refractivity contribution in [2.75, 3.05) is 0 Å². The first-order valence-corrected chi connectivity index (χ1v) is 9.10. The van der Waals surface area contributed by atoms with E-state index >= 15 is 0 Å². The summed E-state index contributed by atoms with van der Waals surface area (Å²) >= 11 is 0. The first kappa shape index (κ1) is 14.0. The van der Waals surface area contributed by atoms with Crippen LogP contribution < -0.4 is 0 Å². The molecular weight excluding hydrogens is 222 g/mol. The lowest BCUT2D eigenvalue weighted by atomic mass is 10.2. The Labute approximate surface area is 107 Å². The fourth-order valence-corrected chi connectivity index (χ4v) is 2.13. The average Bonchev–Trinajstić information content (AvgIpc) is 2.11. The molecule has 0 spiro atoms. The van der Waals surface area contributed by atoms with Crippen LogP contribution in [0, 0.1) is 25.3 Å². The second kappa shape index (κ2) is 4.66. The fraction of sp³-hybridized carbons (Fsp3) is 0.533. The van der Waals surface area contributed by atoms with Gasteiger partial charge in [0.1, 0.15) is 13.8 Å². The standard InChI is InChI=1S/C15H23NSi/c1-12-10-13(2)16-14(11-12)8-9-17(6,7)15(3,4)5/h10-11H,1-7H3. The summed E-state index contributed by atoms with van der Waals surface area (Å²) in [6.45, 7) is 15.6. The molecule has 92 valence electrons. The van der Waals surface area contributed by atoms with Crippen molar-refractivity contribution in [3.63, 3.8) is 0 Å². The normalized spacial score (nSPS) is 11.9. The highest BCUT2D eigenvalue weighted by molar-refractivity contribution is 6.87. The lowest BCUT2D eigenvalue weighted by Gasteiger charge is -2.31. The molecule has 1 nitrogen and oxygen atoms in total. The molecule has 0 amide bonds. The van der Waals surface area contributed by atoms with Crippen LogP contribution in [-0.2, 0) is 0 Å². The van der Waals surface area contributed by atoms with E-state index in [1.54, 1.807) is 0 Å². The summed E-state index contributed by atoms with van der Waals surface area (Å²) in [5.74, 6) is 3.27. The summed E-state index contributed by atoms with van der Waals surface area (Å²) in [7, 11) is -1.52. The van der Waals surface area contributed by atoms with Crippen molar-refractivity contribution in [1.82, 2.24) is 4.98 Å². The van der Waals surface area contributed by atoms with E-state index in [2.05, 4.69) is 69.4 Å². The molecule has 0 atom stereocenters. The Kier molecular flexibility index (Phi) is 3.83. The Morgan fingerprint density at radius 1 is 1.12 bits per heavy atom. The molecule has 0 bridgehead atoms. The Morgan fingerprint density at radius 3 is 2.18 bits per heavy atom. The zero-order chi connectivity index (χ0) is 13.3. The fourth-order valence-electron chi connectivity index (χ4n) is 1.31. The summed E-state index contributed by atoms with van der Waals surface area (Å²) in [4.78, 5) is 4.47. The number of rotatable bonds is 0. The van der Waals surface area contributed by atoms with Gasteiger partial charge in [-0.05, 0) is 36.6 Å². The maximum Gasteiger partial charge on any atom is 0.138 e. The molecule has 0 saturated heterocycles. The van der Waals surface area contributed by atoms with E-state index in [0.29, 0.717) is 5.04 Å². The second-order valence-electron chi connectivity index (χ2n) is 6.30.